The number of hydrogen-bond donors (Lipinski definition) is 1. The molecule has 0 amide bonds. The Balaban J connectivity index is 1.84. The summed E-state index contributed by atoms with van der Waals surface area (Å²) in [4.78, 5) is 11.5. The van der Waals surface area contributed by atoms with Crippen LogP contribution in [0.15, 0.2) is 42.6 Å². The van der Waals surface area contributed by atoms with Gasteiger partial charge in [-0.05, 0) is 18.6 Å². The Labute approximate surface area is 158 Å². The molecule has 1 aliphatic rings. The molecule has 1 N–H and O–H groups in total. The zero-order chi connectivity index (χ0) is 19.2. The van der Waals surface area contributed by atoms with E-state index in [0.717, 1.165) is 11.4 Å². The predicted octanol–water partition coefficient (Wildman–Crippen LogP) is 2.65. The molecule has 7 nitrogen and oxygen atoms in total. The zero-order valence-electron chi connectivity index (χ0n) is 16.1. The maximum absolute atomic E-state index is 10.3. The average Bonchev–Trinajstić information content (AvgIpc) is 3.17. The highest BCUT2D eigenvalue weighted by Crippen LogP contribution is 2.30. The molecule has 3 heterocycles. The number of rotatable bonds is 3. The fraction of sp³-hybridized carbons (Fsp3) is 0.400. The molecular formula is C20H24N6O. The first kappa shape index (κ1) is 17.6. The summed E-state index contributed by atoms with van der Waals surface area (Å²) < 4.78 is 1.81. The fourth-order valence-electron chi connectivity index (χ4n) is 3.09. The maximum Gasteiger partial charge on any atom is 0.184 e. The molecule has 0 fully saturated rings. The van der Waals surface area contributed by atoms with Crippen LogP contribution in [0.3, 0.4) is 0 Å². The molecule has 0 bridgehead atoms. The second-order valence-corrected chi connectivity index (χ2v) is 8.33. The van der Waals surface area contributed by atoms with Crippen LogP contribution in [-0.2, 0) is 12.0 Å². The number of aliphatic hydroxyl groups is 1. The summed E-state index contributed by atoms with van der Waals surface area (Å²) in [6.07, 6.45) is 3.62. The number of fused-ring (bicyclic) bond motifs is 1. The lowest BCUT2D eigenvalue weighted by Crippen LogP contribution is -2.31. The summed E-state index contributed by atoms with van der Waals surface area (Å²) >= 11 is 0. The summed E-state index contributed by atoms with van der Waals surface area (Å²) in [5.74, 6) is 1.40. The number of aromatic nitrogens is 5. The Morgan fingerprint density at radius 1 is 1.15 bits per heavy atom. The van der Waals surface area contributed by atoms with Crippen LogP contribution in [0, 0.1) is 0 Å². The first-order chi connectivity index (χ1) is 12.7. The van der Waals surface area contributed by atoms with Crippen LogP contribution < -0.4 is 4.90 Å². The Morgan fingerprint density at radius 2 is 1.89 bits per heavy atom. The van der Waals surface area contributed by atoms with Gasteiger partial charge in [0.15, 0.2) is 17.0 Å². The lowest BCUT2D eigenvalue weighted by molar-refractivity contribution is 0.128. The van der Waals surface area contributed by atoms with E-state index < -0.39 is 5.60 Å². The van der Waals surface area contributed by atoms with Crippen molar-refractivity contribution < 1.29 is 5.11 Å². The van der Waals surface area contributed by atoms with E-state index in [1.165, 1.54) is 0 Å². The SMILES string of the molecule is CC1(O)C=CN(c2nc(C(C)(C)C)nc3c2nnn3Cc2ccccc2)C1. The topological polar surface area (TPSA) is 80.0 Å². The first-order valence-electron chi connectivity index (χ1n) is 9.07. The molecule has 27 heavy (non-hydrogen) atoms. The standard InChI is InChI=1S/C20H24N6O/c1-19(2,3)18-21-16(25-11-10-20(4,27)13-25)15-17(22-18)26(24-23-15)12-14-8-6-5-7-9-14/h5-11,27H,12-13H2,1-4H3. The van der Waals surface area contributed by atoms with Crippen LogP contribution in [0.25, 0.3) is 11.2 Å². The van der Waals surface area contributed by atoms with Crippen LogP contribution >= 0.6 is 0 Å². The van der Waals surface area contributed by atoms with Crippen LogP contribution in [-0.4, -0.2) is 42.2 Å². The van der Waals surface area contributed by atoms with Crippen molar-refractivity contribution in [3.63, 3.8) is 0 Å². The summed E-state index contributed by atoms with van der Waals surface area (Å²) in [6.45, 7) is 9.04. The van der Waals surface area contributed by atoms with Crippen molar-refractivity contribution in [3.05, 3.63) is 54.0 Å². The minimum absolute atomic E-state index is 0.225. The van der Waals surface area contributed by atoms with Crippen molar-refractivity contribution in [1.82, 2.24) is 25.0 Å². The normalized spacial score (nSPS) is 20.0. The summed E-state index contributed by atoms with van der Waals surface area (Å²) in [5.41, 5.74) is 1.36. The van der Waals surface area contributed by atoms with Crippen molar-refractivity contribution in [2.24, 2.45) is 0 Å². The predicted molar refractivity (Wildman–Crippen MR) is 104 cm³/mol. The molecule has 0 spiro atoms. The van der Waals surface area contributed by atoms with Crippen molar-refractivity contribution in [2.75, 3.05) is 11.4 Å². The Hall–Kier alpha value is -2.80. The van der Waals surface area contributed by atoms with E-state index in [-0.39, 0.29) is 5.41 Å². The number of anilines is 1. The van der Waals surface area contributed by atoms with E-state index in [2.05, 4.69) is 43.2 Å². The third kappa shape index (κ3) is 3.42. The molecule has 0 saturated carbocycles. The monoisotopic (exact) mass is 364 g/mol. The van der Waals surface area contributed by atoms with Crippen LogP contribution in [0.4, 0.5) is 5.82 Å². The highest BCUT2D eigenvalue weighted by Gasteiger charge is 2.31. The summed E-state index contributed by atoms with van der Waals surface area (Å²) in [5, 5.41) is 19.0. The van der Waals surface area contributed by atoms with Crippen molar-refractivity contribution >= 4 is 17.0 Å². The number of benzene rings is 1. The van der Waals surface area contributed by atoms with Crippen molar-refractivity contribution in [1.29, 1.82) is 0 Å². The van der Waals surface area contributed by atoms with Crippen LogP contribution in [0.1, 0.15) is 39.1 Å². The minimum atomic E-state index is -0.890. The van der Waals surface area contributed by atoms with Gasteiger partial charge >= 0.3 is 0 Å². The van der Waals surface area contributed by atoms with Crippen LogP contribution in [0.2, 0.25) is 0 Å². The van der Waals surface area contributed by atoms with Gasteiger partial charge in [-0.2, -0.15) is 0 Å². The third-order valence-electron chi connectivity index (χ3n) is 4.57. The van der Waals surface area contributed by atoms with Gasteiger partial charge in [-0.1, -0.05) is 56.3 Å². The maximum atomic E-state index is 10.3. The van der Waals surface area contributed by atoms with Gasteiger partial charge in [0.2, 0.25) is 0 Å². The number of β-amino-alcohol motifs (C(OH)–C–C–N with tert-alkyl or cyclic N) is 1. The van der Waals surface area contributed by atoms with Crippen molar-refractivity contribution in [2.45, 2.75) is 45.3 Å². The van der Waals surface area contributed by atoms with Gasteiger partial charge in [-0.25, -0.2) is 14.6 Å². The van der Waals surface area contributed by atoms with Gasteiger partial charge in [0.1, 0.15) is 5.82 Å². The first-order valence-corrected chi connectivity index (χ1v) is 9.07. The van der Waals surface area contributed by atoms with Gasteiger partial charge in [0.25, 0.3) is 0 Å². The Kier molecular flexibility index (Phi) is 3.99. The highest BCUT2D eigenvalue weighted by atomic mass is 16.3. The summed E-state index contributed by atoms with van der Waals surface area (Å²) in [6, 6.07) is 10.1. The molecule has 0 aliphatic carbocycles. The molecule has 2 aromatic heterocycles. The molecule has 1 aromatic carbocycles. The minimum Gasteiger partial charge on any atom is -0.384 e. The van der Waals surface area contributed by atoms with Crippen LogP contribution in [0.5, 0.6) is 0 Å². The molecule has 1 aliphatic heterocycles. The third-order valence-corrected chi connectivity index (χ3v) is 4.57. The van der Waals surface area contributed by atoms with E-state index in [0.29, 0.717) is 30.1 Å². The van der Waals surface area contributed by atoms with E-state index in [4.69, 9.17) is 9.97 Å². The molecule has 0 saturated heterocycles. The molecule has 0 radical (unpaired) electrons. The van der Waals surface area contributed by atoms with E-state index >= 15 is 0 Å². The Morgan fingerprint density at radius 3 is 2.52 bits per heavy atom. The highest BCUT2D eigenvalue weighted by molar-refractivity contribution is 5.84. The molecule has 140 valence electrons. The Bertz CT molecular complexity index is 1000. The van der Waals surface area contributed by atoms with Gasteiger partial charge in [0.05, 0.1) is 18.7 Å². The molecule has 1 atom stereocenters. The lowest BCUT2D eigenvalue weighted by Gasteiger charge is -2.23. The second kappa shape index (κ2) is 6.13. The van der Waals surface area contributed by atoms with E-state index in [1.54, 1.807) is 13.0 Å². The smallest absolute Gasteiger partial charge is 0.184 e. The fourth-order valence-corrected chi connectivity index (χ4v) is 3.09. The largest absolute Gasteiger partial charge is 0.384 e. The van der Waals surface area contributed by atoms with Gasteiger partial charge < -0.3 is 10.0 Å². The molecule has 4 rings (SSSR count). The molecule has 3 aromatic rings. The molecular weight excluding hydrogens is 340 g/mol. The second-order valence-electron chi connectivity index (χ2n) is 8.33. The molecule has 7 heteroatoms. The average molecular weight is 364 g/mol. The van der Waals surface area contributed by atoms with Gasteiger partial charge in [0, 0.05) is 11.6 Å². The number of nitrogens with zero attached hydrogens (tertiary/aromatic N) is 6. The lowest BCUT2D eigenvalue weighted by atomic mass is 9.96. The number of hydrogen-bond acceptors (Lipinski definition) is 6. The van der Waals surface area contributed by atoms with Gasteiger partial charge in [-0.3, -0.25) is 0 Å². The quantitative estimate of drug-likeness (QED) is 0.770. The van der Waals surface area contributed by atoms with E-state index in [1.807, 2.05) is 34.0 Å². The zero-order valence-corrected chi connectivity index (χ0v) is 16.1. The summed E-state index contributed by atoms with van der Waals surface area (Å²) in [7, 11) is 0. The van der Waals surface area contributed by atoms with Gasteiger partial charge in [-0.15, -0.1) is 5.10 Å². The molecule has 1 unspecified atom stereocenters. The van der Waals surface area contributed by atoms with E-state index in [9.17, 15) is 5.11 Å². The van der Waals surface area contributed by atoms with Crippen molar-refractivity contribution in [3.8, 4) is 0 Å².